The molecule has 0 radical (unpaired) electrons. The maximum atomic E-state index is 6.23. The van der Waals surface area contributed by atoms with Crippen molar-refractivity contribution in [2.24, 2.45) is 0 Å². The van der Waals surface area contributed by atoms with Crippen molar-refractivity contribution in [2.75, 3.05) is 0 Å². The summed E-state index contributed by atoms with van der Waals surface area (Å²) in [4.78, 5) is 12.2. The van der Waals surface area contributed by atoms with Gasteiger partial charge < -0.3 is 13.7 Å². The van der Waals surface area contributed by atoms with Crippen LogP contribution in [0, 0.1) is 0 Å². The zero-order valence-corrected chi connectivity index (χ0v) is 61.5. The molecule has 111 heavy (non-hydrogen) atoms. The van der Waals surface area contributed by atoms with E-state index in [1.54, 1.807) is 0 Å². The summed E-state index contributed by atoms with van der Waals surface area (Å²) >= 11 is 0. The number of hydrogen-bond acceptors (Lipinski definition) is 2. The van der Waals surface area contributed by atoms with E-state index in [0.717, 1.165) is 111 Å². The molecule has 2 aliphatic rings. The Morgan fingerprint density at radius 1 is 0.216 bits per heavy atom. The molecule has 0 fully saturated rings. The van der Waals surface area contributed by atoms with E-state index in [1.807, 2.05) is 0 Å². The fourth-order valence-electron chi connectivity index (χ4n) is 20.0. The summed E-state index contributed by atoms with van der Waals surface area (Å²) in [6.45, 7) is 9.55. The average molecular weight is 1420 g/mol. The Hall–Kier alpha value is -14.1. The fraction of sp³-hybridized carbons (Fsp3) is 0.0577. The van der Waals surface area contributed by atoms with Gasteiger partial charge in [0.25, 0.3) is 0 Å². The predicted octanol–water partition coefficient (Wildman–Crippen LogP) is 26.7. The van der Waals surface area contributed by atoms with E-state index in [9.17, 15) is 0 Å². The van der Waals surface area contributed by atoms with Crippen molar-refractivity contribution in [1.29, 1.82) is 0 Å². The number of rotatable bonds is 8. The molecule has 22 aromatic rings. The summed E-state index contributed by atoms with van der Waals surface area (Å²) in [5, 5.41) is 12.8. The molecular formula is C104H69N7. The van der Waals surface area contributed by atoms with Crippen LogP contribution in [-0.4, -0.2) is 32.8 Å². The molecule has 0 bridgehead atoms. The molecule has 0 spiro atoms. The molecule has 520 valence electrons. The number of para-hydroxylation sites is 6. The molecule has 0 N–H and O–H groups in total. The molecule has 16 aromatic carbocycles. The summed E-state index contributed by atoms with van der Waals surface area (Å²) in [5.41, 5.74) is 32.2. The second kappa shape index (κ2) is 22.7. The average Bonchev–Trinajstić information content (AvgIpc) is 1.54. The largest absolute Gasteiger partial charge is 0.309 e. The second-order valence-corrected chi connectivity index (χ2v) is 31.6. The SMILES string of the molecule is CC1(C)c2ccccc2-c2ccc(-c3ccc4c5ccccc5n(-c5ccc6nc(-n7c8cc(-c9ccc%10c(c9)c9ccccc9n%10-c9ccccc9)ccc8c8ccc(-c9ccc%10c(c9)c9ccccc9n%10-c9ccccc9)cc87)nc(-n7c8ccccc8c8c9c(ccc87)-c7ccccc7C9(C)C)c6c5)c4c3)cc21. The molecular weight excluding hydrogens is 1350 g/mol. The van der Waals surface area contributed by atoms with E-state index < -0.39 is 0 Å². The van der Waals surface area contributed by atoms with E-state index in [2.05, 4.69) is 396 Å². The number of fused-ring (bicyclic) bond motifs is 23. The predicted molar refractivity (Wildman–Crippen MR) is 463 cm³/mol. The standard InChI is InChI=1S/C104H69N7/c1-103(2)85-33-17-11-27-71(85)73-46-39-64(57-87(73)103)67-42-47-77-74-29-13-19-35-89(74)109(96(77)58-67)70-45-51-88-84(61-70)101(110-92-38-22-16-32-81(92)99-95(110)54-50-80-72-28-12-18-34-86(72)104(3,4)100(80)99)106-102(105-88)111-97-59-65(62-43-52-93-82(55-62)75-30-14-20-36-90(75)107(93)68-23-7-5-8-24-68)40-48-78(97)79-49-41-66(60-98(79)111)63-44-53-94-83(56-63)76-31-15-21-37-91(76)108(94)69-25-9-6-10-26-69/h5-61H,1-4H3. The first-order valence-corrected chi connectivity index (χ1v) is 38.6. The van der Waals surface area contributed by atoms with Gasteiger partial charge in [0.2, 0.25) is 5.95 Å². The third-order valence-corrected chi connectivity index (χ3v) is 25.1. The van der Waals surface area contributed by atoms with Crippen LogP contribution in [0.5, 0.6) is 0 Å². The summed E-state index contributed by atoms with van der Waals surface area (Å²) in [5.74, 6) is 1.37. The highest BCUT2D eigenvalue weighted by Crippen LogP contribution is 2.55. The minimum Gasteiger partial charge on any atom is -0.309 e. The highest BCUT2D eigenvalue weighted by Gasteiger charge is 2.39. The summed E-state index contributed by atoms with van der Waals surface area (Å²) < 4.78 is 12.1. The molecule has 0 aliphatic heterocycles. The quantitative estimate of drug-likeness (QED) is 0.152. The third-order valence-electron chi connectivity index (χ3n) is 25.1. The van der Waals surface area contributed by atoms with Crippen molar-refractivity contribution in [1.82, 2.24) is 32.8 Å². The van der Waals surface area contributed by atoms with Gasteiger partial charge in [0.1, 0.15) is 0 Å². The second-order valence-electron chi connectivity index (χ2n) is 31.6. The first kappa shape index (κ1) is 62.0. The zero-order chi connectivity index (χ0) is 73.3. The van der Waals surface area contributed by atoms with Crippen LogP contribution in [0.25, 0.3) is 204 Å². The highest BCUT2D eigenvalue weighted by molar-refractivity contribution is 6.18. The molecule has 2 aliphatic carbocycles. The lowest BCUT2D eigenvalue weighted by Gasteiger charge is -2.22. The Morgan fingerprint density at radius 2 is 0.604 bits per heavy atom. The fourth-order valence-corrected chi connectivity index (χ4v) is 20.0. The van der Waals surface area contributed by atoms with Gasteiger partial charge in [-0.15, -0.1) is 0 Å². The van der Waals surface area contributed by atoms with Gasteiger partial charge >= 0.3 is 0 Å². The van der Waals surface area contributed by atoms with Crippen molar-refractivity contribution in [3.63, 3.8) is 0 Å². The Bertz CT molecular complexity index is 7610. The zero-order valence-electron chi connectivity index (χ0n) is 61.5. The smallest absolute Gasteiger partial charge is 0.237 e. The minimum absolute atomic E-state index is 0.137. The van der Waals surface area contributed by atoms with Crippen LogP contribution in [0.1, 0.15) is 49.9 Å². The number of benzene rings is 16. The summed E-state index contributed by atoms with van der Waals surface area (Å²) in [6.07, 6.45) is 0. The van der Waals surface area contributed by atoms with E-state index in [0.29, 0.717) is 5.95 Å². The topological polar surface area (TPSA) is 50.4 Å². The van der Waals surface area contributed by atoms with Gasteiger partial charge in [0.05, 0.1) is 60.7 Å². The van der Waals surface area contributed by atoms with Crippen molar-refractivity contribution in [3.05, 3.63) is 368 Å². The summed E-state index contributed by atoms with van der Waals surface area (Å²) in [7, 11) is 0. The Kier molecular flexibility index (Phi) is 12.7. The van der Waals surface area contributed by atoms with Crippen molar-refractivity contribution in [2.45, 2.75) is 38.5 Å². The van der Waals surface area contributed by atoms with Crippen LogP contribution >= 0.6 is 0 Å². The Morgan fingerprint density at radius 3 is 1.17 bits per heavy atom. The van der Waals surface area contributed by atoms with Gasteiger partial charge in [-0.1, -0.05) is 252 Å². The maximum absolute atomic E-state index is 6.23. The van der Waals surface area contributed by atoms with Gasteiger partial charge in [-0.25, -0.2) is 4.98 Å². The first-order chi connectivity index (χ1) is 54.6. The molecule has 0 saturated carbocycles. The molecule has 0 amide bonds. The van der Waals surface area contributed by atoms with Crippen LogP contribution in [-0.2, 0) is 10.8 Å². The molecule has 0 atom stereocenters. The lowest BCUT2D eigenvalue weighted by atomic mass is 9.80. The van der Waals surface area contributed by atoms with Crippen molar-refractivity contribution >= 4 is 120 Å². The molecule has 0 unspecified atom stereocenters. The number of aromatic nitrogens is 7. The van der Waals surface area contributed by atoms with Crippen molar-refractivity contribution < 1.29 is 0 Å². The highest BCUT2D eigenvalue weighted by atomic mass is 15.2. The Balaban J connectivity index is 0.768. The van der Waals surface area contributed by atoms with Crippen molar-refractivity contribution in [3.8, 4) is 84.5 Å². The maximum Gasteiger partial charge on any atom is 0.237 e. The van der Waals surface area contributed by atoms with E-state index in [1.165, 1.54) is 110 Å². The van der Waals surface area contributed by atoms with E-state index in [-0.39, 0.29) is 10.8 Å². The van der Waals surface area contributed by atoms with Crippen LogP contribution in [0.15, 0.2) is 346 Å². The molecule has 7 heteroatoms. The molecule has 6 heterocycles. The van der Waals surface area contributed by atoms with Crippen LogP contribution < -0.4 is 0 Å². The lowest BCUT2D eigenvalue weighted by molar-refractivity contribution is 0.660. The van der Waals surface area contributed by atoms with Gasteiger partial charge in [0, 0.05) is 87.1 Å². The minimum atomic E-state index is -0.297. The Labute approximate surface area is 639 Å². The normalized spacial score (nSPS) is 13.5. The van der Waals surface area contributed by atoms with E-state index in [4.69, 9.17) is 9.97 Å². The van der Waals surface area contributed by atoms with Crippen LogP contribution in [0.2, 0.25) is 0 Å². The lowest BCUT2D eigenvalue weighted by Crippen LogP contribution is -2.15. The monoisotopic (exact) mass is 1420 g/mol. The third kappa shape index (κ3) is 8.68. The molecule has 0 saturated heterocycles. The van der Waals surface area contributed by atoms with Gasteiger partial charge in [0.15, 0.2) is 5.82 Å². The summed E-state index contributed by atoms with van der Waals surface area (Å²) in [6, 6.07) is 129. The molecule has 6 aromatic heterocycles. The van der Waals surface area contributed by atoms with Crippen LogP contribution in [0.3, 0.4) is 0 Å². The van der Waals surface area contributed by atoms with Gasteiger partial charge in [-0.3, -0.25) is 9.13 Å². The number of nitrogens with zero attached hydrogens (tertiary/aromatic N) is 7. The van der Waals surface area contributed by atoms with Gasteiger partial charge in [-0.2, -0.15) is 4.98 Å². The van der Waals surface area contributed by atoms with Crippen LogP contribution in [0.4, 0.5) is 0 Å². The molecule has 7 nitrogen and oxygen atoms in total. The number of hydrogen-bond donors (Lipinski definition) is 0. The first-order valence-electron chi connectivity index (χ1n) is 38.6. The van der Waals surface area contributed by atoms with Gasteiger partial charge in [-0.05, 0) is 199 Å². The molecule has 24 rings (SSSR count). The van der Waals surface area contributed by atoms with E-state index >= 15 is 0 Å².